The van der Waals surface area contributed by atoms with Gasteiger partial charge in [-0.15, -0.1) is 0 Å². The number of hydrogen-bond donors (Lipinski definition) is 2. The maximum atomic E-state index is 11.2. The average Bonchev–Trinajstić information content (AvgIpc) is 2.44. The molecule has 3 N–H and O–H groups in total. The zero-order valence-corrected chi connectivity index (χ0v) is 13.0. The molecule has 0 saturated heterocycles. The van der Waals surface area contributed by atoms with Crippen molar-refractivity contribution in [1.29, 1.82) is 0 Å². The van der Waals surface area contributed by atoms with Crippen LogP contribution in [0.5, 0.6) is 0 Å². The summed E-state index contributed by atoms with van der Waals surface area (Å²) in [6.07, 6.45) is 6.46. The summed E-state index contributed by atoms with van der Waals surface area (Å²) in [5.74, 6) is 0.646. The van der Waals surface area contributed by atoms with E-state index in [0.29, 0.717) is 18.0 Å². The van der Waals surface area contributed by atoms with Gasteiger partial charge in [-0.3, -0.25) is 4.79 Å². The number of carbonyl (C=O) groups excluding carboxylic acids is 1. The number of halogens is 1. The molecule has 3 nitrogen and oxygen atoms in total. The van der Waals surface area contributed by atoms with Crippen molar-refractivity contribution in [2.75, 3.05) is 0 Å². The van der Waals surface area contributed by atoms with Gasteiger partial charge in [0, 0.05) is 23.0 Å². The second-order valence-electron chi connectivity index (χ2n) is 6.53. The zero-order chi connectivity index (χ0) is 14.8. The van der Waals surface area contributed by atoms with Crippen LogP contribution in [-0.4, -0.2) is 18.0 Å². The van der Waals surface area contributed by atoms with Gasteiger partial charge in [0.1, 0.15) is 0 Å². The summed E-state index contributed by atoms with van der Waals surface area (Å²) in [6, 6.07) is 9.42. The highest BCUT2D eigenvalue weighted by molar-refractivity contribution is 6.30. The summed E-state index contributed by atoms with van der Waals surface area (Å²) in [4.78, 5) is 11.2. The number of rotatable bonds is 4. The van der Waals surface area contributed by atoms with Crippen LogP contribution in [0.4, 0.5) is 0 Å². The highest BCUT2D eigenvalue weighted by Gasteiger charge is 2.33. The van der Waals surface area contributed by atoms with E-state index in [4.69, 9.17) is 17.3 Å². The predicted molar refractivity (Wildman–Crippen MR) is 85.3 cm³/mol. The molecule has 2 fully saturated rings. The maximum Gasteiger partial charge on any atom is 0.220 e. The minimum absolute atomic E-state index is 0.103. The molecule has 0 aliphatic heterocycles. The zero-order valence-electron chi connectivity index (χ0n) is 12.2. The molecule has 0 atom stereocenters. The van der Waals surface area contributed by atoms with Gasteiger partial charge in [0.15, 0.2) is 0 Å². The molecule has 2 saturated carbocycles. The Hall–Kier alpha value is -1.06. The van der Waals surface area contributed by atoms with Crippen LogP contribution in [0, 0.1) is 5.92 Å². The molecule has 1 amide bonds. The van der Waals surface area contributed by atoms with Gasteiger partial charge in [-0.1, -0.05) is 23.7 Å². The largest absolute Gasteiger partial charge is 0.369 e. The first kappa shape index (κ1) is 14.9. The predicted octanol–water partition coefficient (Wildman–Crippen LogP) is 3.22. The van der Waals surface area contributed by atoms with Gasteiger partial charge >= 0.3 is 0 Å². The first-order valence-corrected chi connectivity index (χ1v) is 8.30. The Morgan fingerprint density at radius 3 is 2.24 bits per heavy atom. The van der Waals surface area contributed by atoms with Gasteiger partial charge < -0.3 is 11.1 Å². The maximum absolute atomic E-state index is 11.2. The summed E-state index contributed by atoms with van der Waals surface area (Å²) in [7, 11) is 0. The lowest BCUT2D eigenvalue weighted by atomic mass is 9.75. The van der Waals surface area contributed by atoms with Crippen LogP contribution in [0.25, 0.3) is 0 Å². The van der Waals surface area contributed by atoms with Crippen molar-refractivity contribution >= 4 is 17.5 Å². The van der Waals surface area contributed by atoms with Crippen molar-refractivity contribution < 1.29 is 4.79 Å². The van der Waals surface area contributed by atoms with E-state index in [1.807, 2.05) is 12.1 Å². The molecule has 0 spiro atoms. The van der Waals surface area contributed by atoms with Crippen molar-refractivity contribution in [3.8, 4) is 0 Å². The van der Waals surface area contributed by atoms with E-state index in [1.54, 1.807) is 0 Å². The number of nitrogens with two attached hydrogens (primary N) is 1. The fraction of sp³-hybridized carbons (Fsp3) is 0.588. The lowest BCUT2D eigenvalue weighted by Crippen LogP contribution is -2.47. The van der Waals surface area contributed by atoms with Crippen molar-refractivity contribution in [3.05, 3.63) is 34.9 Å². The van der Waals surface area contributed by atoms with Crippen LogP contribution < -0.4 is 11.1 Å². The quantitative estimate of drug-likeness (QED) is 0.897. The average molecular weight is 307 g/mol. The van der Waals surface area contributed by atoms with Gasteiger partial charge in [-0.25, -0.2) is 0 Å². The molecule has 0 heterocycles. The molecule has 0 unspecified atom stereocenters. The van der Waals surface area contributed by atoms with Crippen molar-refractivity contribution in [2.24, 2.45) is 11.7 Å². The number of nitrogens with one attached hydrogen (secondary N) is 1. The van der Waals surface area contributed by atoms with Gasteiger partial charge in [0.25, 0.3) is 0 Å². The molecule has 0 radical (unpaired) electrons. The van der Waals surface area contributed by atoms with Crippen LogP contribution in [0.2, 0.25) is 5.02 Å². The highest BCUT2D eigenvalue weighted by Crippen LogP contribution is 2.38. The van der Waals surface area contributed by atoms with Crippen LogP contribution in [-0.2, 0) is 4.79 Å². The number of amides is 1. The third-order valence-corrected chi connectivity index (χ3v) is 5.33. The Kier molecular flexibility index (Phi) is 4.51. The molecular formula is C17H23ClN2O. The molecule has 1 aromatic rings. The lowest BCUT2D eigenvalue weighted by molar-refractivity contribution is -0.122. The monoisotopic (exact) mass is 306 g/mol. The molecule has 21 heavy (non-hydrogen) atoms. The van der Waals surface area contributed by atoms with Gasteiger partial charge in [0.05, 0.1) is 0 Å². The van der Waals surface area contributed by atoms with Crippen LogP contribution in [0.1, 0.15) is 50.0 Å². The van der Waals surface area contributed by atoms with E-state index in [9.17, 15) is 4.79 Å². The molecule has 0 bridgehead atoms. The van der Waals surface area contributed by atoms with Crippen molar-refractivity contribution in [1.82, 2.24) is 5.32 Å². The number of carbonyl (C=O) groups is 1. The van der Waals surface area contributed by atoms with Gasteiger partial charge in [0.2, 0.25) is 5.91 Å². The van der Waals surface area contributed by atoms with Gasteiger partial charge in [-0.2, -0.15) is 0 Å². The normalized spacial score (nSPS) is 32.4. The summed E-state index contributed by atoms with van der Waals surface area (Å²) in [6.45, 7) is 0. The third-order valence-electron chi connectivity index (χ3n) is 5.08. The Morgan fingerprint density at radius 1 is 1.05 bits per heavy atom. The molecule has 4 heteroatoms. The Balaban J connectivity index is 1.41. The third kappa shape index (κ3) is 3.58. The van der Waals surface area contributed by atoms with E-state index < -0.39 is 0 Å². The lowest BCUT2D eigenvalue weighted by Gasteiger charge is -2.40. The number of benzene rings is 1. The number of primary amides is 1. The Labute approximate surface area is 131 Å². The first-order valence-electron chi connectivity index (χ1n) is 7.92. The summed E-state index contributed by atoms with van der Waals surface area (Å²) >= 11 is 5.92. The summed E-state index contributed by atoms with van der Waals surface area (Å²) in [5.41, 5.74) is 6.77. The molecule has 3 rings (SSSR count). The fourth-order valence-corrected chi connectivity index (χ4v) is 3.76. The molecule has 1 aromatic carbocycles. The topological polar surface area (TPSA) is 55.1 Å². The second kappa shape index (κ2) is 6.37. The number of hydrogen-bond acceptors (Lipinski definition) is 2. The molecule has 2 aliphatic rings. The summed E-state index contributed by atoms with van der Waals surface area (Å²) in [5, 5.41) is 4.55. The van der Waals surface area contributed by atoms with Crippen molar-refractivity contribution in [2.45, 2.75) is 56.5 Å². The fourth-order valence-electron chi connectivity index (χ4n) is 3.64. The van der Waals surface area contributed by atoms with E-state index >= 15 is 0 Å². The van der Waals surface area contributed by atoms with E-state index in [1.165, 1.54) is 18.4 Å². The minimum atomic E-state index is -0.125. The second-order valence-corrected chi connectivity index (χ2v) is 6.97. The van der Waals surface area contributed by atoms with Crippen molar-refractivity contribution in [3.63, 3.8) is 0 Å². The molecular weight excluding hydrogens is 284 g/mol. The molecule has 0 aromatic heterocycles. The Bertz CT molecular complexity index is 488. The van der Waals surface area contributed by atoms with Crippen LogP contribution >= 0.6 is 11.6 Å². The molecule has 2 aliphatic carbocycles. The van der Waals surface area contributed by atoms with E-state index in [2.05, 4.69) is 17.4 Å². The van der Waals surface area contributed by atoms with Gasteiger partial charge in [-0.05, 0) is 62.1 Å². The Morgan fingerprint density at radius 2 is 1.67 bits per heavy atom. The molecule has 114 valence electrons. The van der Waals surface area contributed by atoms with Crippen LogP contribution in [0.3, 0.4) is 0 Å². The van der Waals surface area contributed by atoms with Crippen LogP contribution in [0.15, 0.2) is 24.3 Å². The van der Waals surface area contributed by atoms with E-state index in [-0.39, 0.29) is 11.8 Å². The summed E-state index contributed by atoms with van der Waals surface area (Å²) < 4.78 is 0. The smallest absolute Gasteiger partial charge is 0.220 e. The SMILES string of the molecule is NC(=O)C1CCC(NC2CC(c3ccc(Cl)cc3)C2)CC1. The highest BCUT2D eigenvalue weighted by atomic mass is 35.5. The first-order chi connectivity index (χ1) is 10.1. The minimum Gasteiger partial charge on any atom is -0.369 e. The standard InChI is InChI=1S/C17H23ClN2O/c18-14-5-1-11(2-6-14)13-9-16(10-13)20-15-7-3-12(4-8-15)17(19)21/h1-2,5-6,12-13,15-16,20H,3-4,7-10H2,(H2,19,21). The van der Waals surface area contributed by atoms with E-state index in [0.717, 1.165) is 30.7 Å².